The van der Waals surface area contributed by atoms with E-state index in [0.717, 1.165) is 29.2 Å². The topological polar surface area (TPSA) is 66.5 Å². The molecule has 0 bridgehead atoms. The van der Waals surface area contributed by atoms with Gasteiger partial charge in [-0.2, -0.15) is 5.10 Å². The van der Waals surface area contributed by atoms with Gasteiger partial charge >= 0.3 is 0 Å². The molecule has 96 valence electrons. The summed E-state index contributed by atoms with van der Waals surface area (Å²) < 4.78 is 0. The molecule has 0 unspecified atom stereocenters. The van der Waals surface area contributed by atoms with Crippen molar-refractivity contribution in [3.05, 3.63) is 34.4 Å². The third-order valence-electron chi connectivity index (χ3n) is 3.04. The molecule has 2 heterocycles. The maximum Gasteiger partial charge on any atom is 0.223 e. The van der Waals surface area contributed by atoms with E-state index in [1.54, 1.807) is 0 Å². The van der Waals surface area contributed by atoms with Gasteiger partial charge in [0.2, 0.25) is 5.95 Å². The number of hydrogen-bond donors (Lipinski definition) is 2. The lowest BCUT2D eigenvalue weighted by atomic mass is 10.2. The van der Waals surface area contributed by atoms with Crippen LogP contribution in [0.4, 0.5) is 5.95 Å². The Morgan fingerprint density at radius 1 is 1.22 bits per heavy atom. The van der Waals surface area contributed by atoms with Crippen molar-refractivity contribution in [1.82, 2.24) is 20.2 Å². The zero-order valence-corrected chi connectivity index (χ0v) is 11.3. The van der Waals surface area contributed by atoms with Crippen molar-refractivity contribution in [2.24, 2.45) is 0 Å². The summed E-state index contributed by atoms with van der Waals surface area (Å²) in [5.41, 5.74) is 5.34. The summed E-state index contributed by atoms with van der Waals surface area (Å²) in [7, 11) is 0. The van der Waals surface area contributed by atoms with Crippen LogP contribution in [0, 0.1) is 20.8 Å². The number of aromatic amines is 1. The Hall–Kier alpha value is -1.91. The van der Waals surface area contributed by atoms with Crippen LogP contribution in [-0.2, 0) is 13.0 Å². The Morgan fingerprint density at radius 2 is 2.00 bits per heavy atom. The smallest absolute Gasteiger partial charge is 0.223 e. The van der Waals surface area contributed by atoms with Crippen LogP contribution >= 0.6 is 0 Å². The predicted molar refractivity (Wildman–Crippen MR) is 71.5 cm³/mol. The highest BCUT2D eigenvalue weighted by molar-refractivity contribution is 5.31. The Morgan fingerprint density at radius 3 is 2.61 bits per heavy atom. The summed E-state index contributed by atoms with van der Waals surface area (Å²) in [6, 6.07) is 2.01. The molecular formula is C13H19N5. The van der Waals surface area contributed by atoms with Gasteiger partial charge in [-0.1, -0.05) is 6.92 Å². The van der Waals surface area contributed by atoms with Crippen molar-refractivity contribution in [3.63, 3.8) is 0 Å². The molecule has 0 spiro atoms. The number of H-pyrrole nitrogens is 1. The summed E-state index contributed by atoms with van der Waals surface area (Å²) in [6.45, 7) is 8.79. The third kappa shape index (κ3) is 2.67. The Kier molecular flexibility index (Phi) is 3.60. The lowest BCUT2D eigenvalue weighted by Crippen LogP contribution is -2.07. The number of rotatable bonds is 4. The minimum absolute atomic E-state index is 0.642. The fourth-order valence-electron chi connectivity index (χ4n) is 1.76. The molecule has 5 heteroatoms. The number of aryl methyl sites for hydroxylation is 3. The zero-order valence-electron chi connectivity index (χ0n) is 11.3. The van der Waals surface area contributed by atoms with Crippen LogP contribution in [0.1, 0.15) is 35.3 Å². The van der Waals surface area contributed by atoms with E-state index in [0.29, 0.717) is 12.5 Å². The number of aromatic nitrogens is 4. The van der Waals surface area contributed by atoms with E-state index in [2.05, 4.69) is 39.3 Å². The highest BCUT2D eigenvalue weighted by Gasteiger charge is 2.06. The van der Waals surface area contributed by atoms with Gasteiger partial charge < -0.3 is 5.32 Å². The first kappa shape index (κ1) is 12.5. The Balaban J connectivity index is 2.10. The molecule has 2 aromatic heterocycles. The van der Waals surface area contributed by atoms with Crippen molar-refractivity contribution in [2.75, 3.05) is 5.32 Å². The van der Waals surface area contributed by atoms with Crippen LogP contribution in [0.5, 0.6) is 0 Å². The van der Waals surface area contributed by atoms with Gasteiger partial charge in [0, 0.05) is 17.1 Å². The molecule has 0 aliphatic carbocycles. The largest absolute Gasteiger partial charge is 0.348 e. The Labute approximate surface area is 107 Å². The fourth-order valence-corrected chi connectivity index (χ4v) is 1.76. The van der Waals surface area contributed by atoms with Gasteiger partial charge in [-0.25, -0.2) is 9.97 Å². The van der Waals surface area contributed by atoms with Crippen LogP contribution in [-0.4, -0.2) is 20.2 Å². The number of nitrogens with one attached hydrogen (secondary N) is 2. The van der Waals surface area contributed by atoms with Gasteiger partial charge in [0.15, 0.2) is 0 Å². The standard InChI is InChI=1S/C13H19N5/c1-5-11-6-8(2)15-13(16-11)14-7-12-9(3)10(4)17-18-12/h6H,5,7H2,1-4H3,(H,17,18)(H,14,15,16). The molecule has 0 aliphatic rings. The lowest BCUT2D eigenvalue weighted by molar-refractivity contribution is 0.924. The second kappa shape index (κ2) is 5.16. The molecule has 0 atom stereocenters. The average molecular weight is 245 g/mol. The molecule has 0 aliphatic heterocycles. The van der Waals surface area contributed by atoms with Crippen LogP contribution in [0.2, 0.25) is 0 Å². The lowest BCUT2D eigenvalue weighted by Gasteiger charge is -2.06. The van der Waals surface area contributed by atoms with Gasteiger partial charge in [0.05, 0.1) is 12.2 Å². The van der Waals surface area contributed by atoms with Gasteiger partial charge in [-0.3, -0.25) is 5.10 Å². The monoisotopic (exact) mass is 245 g/mol. The van der Waals surface area contributed by atoms with Gasteiger partial charge in [-0.05, 0) is 38.8 Å². The third-order valence-corrected chi connectivity index (χ3v) is 3.04. The van der Waals surface area contributed by atoms with Crippen molar-refractivity contribution in [3.8, 4) is 0 Å². The molecule has 0 fully saturated rings. The molecule has 2 rings (SSSR count). The van der Waals surface area contributed by atoms with Crippen LogP contribution in [0.3, 0.4) is 0 Å². The van der Waals surface area contributed by atoms with E-state index >= 15 is 0 Å². The van der Waals surface area contributed by atoms with Crippen molar-refractivity contribution in [2.45, 2.75) is 40.7 Å². The number of nitrogens with zero attached hydrogens (tertiary/aromatic N) is 3. The van der Waals surface area contributed by atoms with Gasteiger partial charge in [-0.15, -0.1) is 0 Å². The molecule has 18 heavy (non-hydrogen) atoms. The summed E-state index contributed by atoms with van der Waals surface area (Å²) in [5, 5.41) is 10.5. The SMILES string of the molecule is CCc1cc(C)nc(NCc2n[nH]c(C)c2C)n1. The minimum atomic E-state index is 0.642. The molecule has 2 aromatic rings. The normalized spacial score (nSPS) is 10.7. The van der Waals surface area contributed by atoms with E-state index in [4.69, 9.17) is 0 Å². The minimum Gasteiger partial charge on any atom is -0.348 e. The van der Waals surface area contributed by atoms with E-state index in [1.807, 2.05) is 19.9 Å². The van der Waals surface area contributed by atoms with E-state index in [9.17, 15) is 0 Å². The first-order valence-electron chi connectivity index (χ1n) is 6.19. The molecule has 2 N–H and O–H groups in total. The first-order valence-corrected chi connectivity index (χ1v) is 6.19. The summed E-state index contributed by atoms with van der Waals surface area (Å²) in [5.74, 6) is 0.673. The number of hydrogen-bond acceptors (Lipinski definition) is 4. The molecule has 0 amide bonds. The maximum absolute atomic E-state index is 4.44. The van der Waals surface area contributed by atoms with Crippen molar-refractivity contribution in [1.29, 1.82) is 0 Å². The molecule has 0 saturated heterocycles. The summed E-state index contributed by atoms with van der Waals surface area (Å²) in [6.07, 6.45) is 0.915. The average Bonchev–Trinajstić information content (AvgIpc) is 2.67. The highest BCUT2D eigenvalue weighted by Crippen LogP contribution is 2.11. The van der Waals surface area contributed by atoms with E-state index in [-0.39, 0.29) is 0 Å². The Bertz CT molecular complexity index is 544. The quantitative estimate of drug-likeness (QED) is 0.867. The van der Waals surface area contributed by atoms with Crippen LogP contribution in [0.15, 0.2) is 6.07 Å². The summed E-state index contributed by atoms with van der Waals surface area (Å²) in [4.78, 5) is 8.82. The van der Waals surface area contributed by atoms with Crippen LogP contribution in [0.25, 0.3) is 0 Å². The molecule has 0 radical (unpaired) electrons. The van der Waals surface area contributed by atoms with E-state index in [1.165, 1.54) is 5.56 Å². The van der Waals surface area contributed by atoms with Crippen LogP contribution < -0.4 is 5.32 Å². The molecule has 0 saturated carbocycles. The highest BCUT2D eigenvalue weighted by atomic mass is 15.2. The van der Waals surface area contributed by atoms with E-state index < -0.39 is 0 Å². The molecule has 0 aromatic carbocycles. The predicted octanol–water partition coefficient (Wildman–Crippen LogP) is 2.30. The fraction of sp³-hybridized carbons (Fsp3) is 0.462. The summed E-state index contributed by atoms with van der Waals surface area (Å²) >= 11 is 0. The van der Waals surface area contributed by atoms with Gasteiger partial charge in [0.25, 0.3) is 0 Å². The number of anilines is 1. The molecular weight excluding hydrogens is 226 g/mol. The molecule has 5 nitrogen and oxygen atoms in total. The second-order valence-corrected chi connectivity index (χ2v) is 4.45. The van der Waals surface area contributed by atoms with Crippen molar-refractivity contribution >= 4 is 5.95 Å². The maximum atomic E-state index is 4.44. The first-order chi connectivity index (χ1) is 8.60. The second-order valence-electron chi connectivity index (χ2n) is 4.45. The van der Waals surface area contributed by atoms with Gasteiger partial charge in [0.1, 0.15) is 0 Å². The zero-order chi connectivity index (χ0) is 13.1. The van der Waals surface area contributed by atoms with Crippen molar-refractivity contribution < 1.29 is 0 Å².